The van der Waals surface area contributed by atoms with E-state index in [0.29, 0.717) is 48.0 Å². The molecule has 2 aromatic carbocycles. The van der Waals surface area contributed by atoms with Gasteiger partial charge in [0, 0.05) is 36.6 Å². The van der Waals surface area contributed by atoms with E-state index in [0.717, 1.165) is 10.9 Å². The van der Waals surface area contributed by atoms with Crippen molar-refractivity contribution in [3.63, 3.8) is 0 Å². The Kier molecular flexibility index (Phi) is 6.39. The maximum Gasteiger partial charge on any atom is 0.327 e. The highest BCUT2D eigenvalue weighted by Crippen LogP contribution is 2.26. The van der Waals surface area contributed by atoms with Crippen LogP contribution in [0.25, 0.3) is 10.9 Å². The first-order valence-corrected chi connectivity index (χ1v) is 10.7. The summed E-state index contributed by atoms with van der Waals surface area (Å²) < 4.78 is 18.3. The summed E-state index contributed by atoms with van der Waals surface area (Å²) in [6, 6.07) is 12.4. The van der Waals surface area contributed by atoms with E-state index < -0.39 is 12.0 Å². The van der Waals surface area contributed by atoms with Gasteiger partial charge in [0.15, 0.2) is 0 Å². The Morgan fingerprint density at radius 3 is 2.41 bits per heavy atom. The minimum Gasteiger partial charge on any atom is -0.468 e. The number of nitrogens with zero attached hydrogens (tertiary/aromatic N) is 3. The predicted molar refractivity (Wildman–Crippen MR) is 120 cm³/mol. The third-order valence-corrected chi connectivity index (χ3v) is 6.01. The summed E-state index contributed by atoms with van der Waals surface area (Å²) in [7, 11) is 1.33. The molecule has 2 heterocycles. The first-order valence-electron chi connectivity index (χ1n) is 10.3. The Hall–Kier alpha value is -3.03. The lowest BCUT2D eigenvalue weighted by Crippen LogP contribution is -2.51. The molecule has 3 aromatic rings. The van der Waals surface area contributed by atoms with E-state index in [1.165, 1.54) is 19.2 Å². The third-order valence-electron chi connectivity index (χ3n) is 5.77. The van der Waals surface area contributed by atoms with Crippen LogP contribution in [-0.2, 0) is 9.53 Å². The molecule has 166 valence electrons. The van der Waals surface area contributed by atoms with Crippen molar-refractivity contribution >= 4 is 34.4 Å². The van der Waals surface area contributed by atoms with Gasteiger partial charge in [0.05, 0.1) is 23.9 Å². The van der Waals surface area contributed by atoms with Crippen molar-refractivity contribution in [2.24, 2.45) is 0 Å². The zero-order valence-electron chi connectivity index (χ0n) is 17.8. The van der Waals surface area contributed by atoms with Crippen molar-refractivity contribution in [1.29, 1.82) is 0 Å². The van der Waals surface area contributed by atoms with Gasteiger partial charge in [0.25, 0.3) is 5.91 Å². The number of fused-ring (bicyclic) bond motifs is 1. The predicted octanol–water partition coefficient (Wildman–Crippen LogP) is 4.01. The molecule has 0 bridgehead atoms. The molecule has 1 fully saturated rings. The number of halogens is 2. The quantitative estimate of drug-likeness (QED) is 0.556. The highest BCUT2D eigenvalue weighted by Gasteiger charge is 2.33. The first-order chi connectivity index (χ1) is 15.4. The van der Waals surface area contributed by atoms with Gasteiger partial charge in [0.2, 0.25) is 0 Å². The number of hydrogen-bond acceptors (Lipinski definition) is 5. The fourth-order valence-electron chi connectivity index (χ4n) is 4.07. The minimum atomic E-state index is -0.649. The number of hydrogen-bond donors (Lipinski definition) is 0. The summed E-state index contributed by atoms with van der Waals surface area (Å²) in [4.78, 5) is 34.0. The van der Waals surface area contributed by atoms with E-state index >= 15 is 0 Å². The second kappa shape index (κ2) is 9.22. The topological polar surface area (TPSA) is 62.7 Å². The summed E-state index contributed by atoms with van der Waals surface area (Å²) in [5.41, 5.74) is 2.64. The zero-order chi connectivity index (χ0) is 22.8. The van der Waals surface area contributed by atoms with Crippen LogP contribution in [0, 0.1) is 12.7 Å². The standard InChI is InChI=1S/C24H23ClFN3O3/c1-15-20(14-17-13-18(25)5-8-21(17)27-15)23(30)29-11-9-28(10-12-29)22(24(31)32-2)16-3-6-19(26)7-4-16/h3-8,13-14,22H,9-12H2,1-2H3/t22-/m1/s1. The summed E-state index contributed by atoms with van der Waals surface area (Å²) >= 11 is 6.09. The van der Waals surface area contributed by atoms with E-state index in [1.807, 2.05) is 24.0 Å². The molecule has 1 amide bonds. The molecule has 0 spiro atoms. The SMILES string of the molecule is COC(=O)[C@@H](c1ccc(F)cc1)N1CCN(C(=O)c2cc3cc(Cl)ccc3nc2C)CC1. The number of amides is 1. The number of esters is 1. The van der Waals surface area contributed by atoms with Crippen molar-refractivity contribution in [3.05, 3.63) is 76.2 Å². The lowest BCUT2D eigenvalue weighted by atomic mass is 10.0. The molecular formula is C24H23ClFN3O3. The molecule has 32 heavy (non-hydrogen) atoms. The van der Waals surface area contributed by atoms with Crippen LogP contribution in [0.1, 0.15) is 27.7 Å². The number of benzene rings is 2. The average Bonchev–Trinajstić information content (AvgIpc) is 2.80. The van der Waals surface area contributed by atoms with E-state index in [1.54, 1.807) is 29.2 Å². The molecule has 1 aliphatic rings. The average molecular weight is 456 g/mol. The van der Waals surface area contributed by atoms with E-state index in [9.17, 15) is 14.0 Å². The zero-order valence-corrected chi connectivity index (χ0v) is 18.6. The number of aromatic nitrogens is 1. The van der Waals surface area contributed by atoms with E-state index in [4.69, 9.17) is 16.3 Å². The molecule has 0 saturated carbocycles. The molecule has 8 heteroatoms. The summed E-state index contributed by atoms with van der Waals surface area (Å²) in [5.74, 6) is -0.885. The van der Waals surface area contributed by atoms with Crippen molar-refractivity contribution in [1.82, 2.24) is 14.8 Å². The maximum atomic E-state index is 13.3. The number of carbonyl (C=O) groups excluding carboxylic acids is 2. The number of carbonyl (C=O) groups is 2. The van der Waals surface area contributed by atoms with Crippen LogP contribution in [0.5, 0.6) is 0 Å². The Bertz CT molecular complexity index is 1160. The normalized spacial score (nSPS) is 15.6. The largest absolute Gasteiger partial charge is 0.468 e. The molecule has 0 unspecified atom stereocenters. The summed E-state index contributed by atoms with van der Waals surface area (Å²) in [6.07, 6.45) is 0. The van der Waals surface area contributed by atoms with Crippen molar-refractivity contribution in [2.75, 3.05) is 33.3 Å². The monoisotopic (exact) mass is 455 g/mol. The fraction of sp³-hybridized carbons (Fsp3) is 0.292. The molecule has 6 nitrogen and oxygen atoms in total. The molecule has 1 saturated heterocycles. The van der Waals surface area contributed by atoms with Gasteiger partial charge in [-0.25, -0.2) is 9.18 Å². The number of ether oxygens (including phenoxy) is 1. The van der Waals surface area contributed by atoms with Gasteiger partial charge in [-0.3, -0.25) is 14.7 Å². The van der Waals surface area contributed by atoms with Gasteiger partial charge in [-0.05, 0) is 48.9 Å². The van der Waals surface area contributed by atoms with Gasteiger partial charge in [-0.15, -0.1) is 0 Å². The van der Waals surface area contributed by atoms with Crippen LogP contribution in [0.2, 0.25) is 5.02 Å². The second-order valence-corrected chi connectivity index (χ2v) is 8.20. The second-order valence-electron chi connectivity index (χ2n) is 7.76. The Morgan fingerprint density at radius 1 is 1.06 bits per heavy atom. The fourth-order valence-corrected chi connectivity index (χ4v) is 4.25. The van der Waals surface area contributed by atoms with Crippen LogP contribution in [0.3, 0.4) is 0 Å². The molecule has 1 aromatic heterocycles. The van der Waals surface area contributed by atoms with Crippen LogP contribution in [0.15, 0.2) is 48.5 Å². The molecule has 1 atom stereocenters. The van der Waals surface area contributed by atoms with Crippen molar-refractivity contribution in [3.8, 4) is 0 Å². The Morgan fingerprint density at radius 2 is 1.75 bits per heavy atom. The van der Waals surface area contributed by atoms with Crippen molar-refractivity contribution in [2.45, 2.75) is 13.0 Å². The van der Waals surface area contributed by atoms with E-state index in [-0.39, 0.29) is 11.7 Å². The molecule has 4 rings (SSSR count). The minimum absolute atomic E-state index is 0.104. The van der Waals surface area contributed by atoms with Crippen LogP contribution >= 0.6 is 11.6 Å². The number of piperazine rings is 1. The van der Waals surface area contributed by atoms with Crippen LogP contribution in [-0.4, -0.2) is 59.9 Å². The number of rotatable bonds is 4. The Labute approximate surface area is 190 Å². The molecule has 0 radical (unpaired) electrons. The molecule has 0 N–H and O–H groups in total. The third kappa shape index (κ3) is 4.45. The van der Waals surface area contributed by atoms with Crippen LogP contribution in [0.4, 0.5) is 4.39 Å². The summed E-state index contributed by atoms with van der Waals surface area (Å²) in [5, 5.41) is 1.40. The molecule has 0 aliphatic carbocycles. The number of aryl methyl sites for hydroxylation is 1. The smallest absolute Gasteiger partial charge is 0.327 e. The lowest BCUT2D eigenvalue weighted by Gasteiger charge is -2.38. The van der Waals surface area contributed by atoms with Gasteiger partial charge in [-0.2, -0.15) is 0 Å². The highest BCUT2D eigenvalue weighted by atomic mass is 35.5. The number of methoxy groups -OCH3 is 1. The molecular weight excluding hydrogens is 433 g/mol. The lowest BCUT2D eigenvalue weighted by molar-refractivity contribution is -0.148. The number of pyridine rings is 1. The summed E-state index contributed by atoms with van der Waals surface area (Å²) in [6.45, 7) is 3.67. The van der Waals surface area contributed by atoms with Crippen LogP contribution < -0.4 is 0 Å². The van der Waals surface area contributed by atoms with Gasteiger partial charge >= 0.3 is 5.97 Å². The van der Waals surface area contributed by atoms with E-state index in [2.05, 4.69) is 4.98 Å². The maximum absolute atomic E-state index is 13.3. The highest BCUT2D eigenvalue weighted by molar-refractivity contribution is 6.31. The van der Waals surface area contributed by atoms with Gasteiger partial charge in [0.1, 0.15) is 11.9 Å². The van der Waals surface area contributed by atoms with Gasteiger partial charge in [-0.1, -0.05) is 23.7 Å². The Balaban J connectivity index is 1.51. The van der Waals surface area contributed by atoms with Crippen molar-refractivity contribution < 1.29 is 18.7 Å². The first kappa shape index (κ1) is 22.2. The van der Waals surface area contributed by atoms with Gasteiger partial charge < -0.3 is 9.64 Å². The molecule has 1 aliphatic heterocycles.